The summed E-state index contributed by atoms with van der Waals surface area (Å²) in [6.07, 6.45) is 0.773. The highest BCUT2D eigenvalue weighted by atomic mass is 19.1. The highest BCUT2D eigenvalue weighted by Crippen LogP contribution is 2.11. The van der Waals surface area contributed by atoms with Gasteiger partial charge in [-0.15, -0.1) is 0 Å². The molecule has 0 atom stereocenters. The smallest absolute Gasteiger partial charge is 0.254 e. The van der Waals surface area contributed by atoms with Crippen molar-refractivity contribution in [1.29, 1.82) is 0 Å². The third kappa shape index (κ3) is 7.15. The minimum atomic E-state index is -0.414. The van der Waals surface area contributed by atoms with Gasteiger partial charge in [-0.05, 0) is 42.7 Å². The molecule has 1 N–H and O–H groups in total. The Hall–Kier alpha value is -2.77. The van der Waals surface area contributed by atoms with Gasteiger partial charge in [0.15, 0.2) is 0 Å². The lowest BCUT2D eigenvalue weighted by molar-refractivity contribution is -0.122. The maximum Gasteiger partial charge on any atom is 0.254 e. The minimum Gasteiger partial charge on any atom is -0.377 e. The summed E-state index contributed by atoms with van der Waals surface area (Å²) in [5, 5.41) is 2.96. The molecule has 1 saturated heterocycles. The molecule has 1 heterocycles. The molecule has 0 radical (unpaired) electrons. The molecular weight excluding hydrogens is 397 g/mol. The summed E-state index contributed by atoms with van der Waals surface area (Å²) in [4.78, 5) is 28.8. The molecule has 31 heavy (non-hydrogen) atoms. The molecule has 6 nitrogen and oxygen atoms in total. The first-order valence-corrected chi connectivity index (χ1v) is 10.7. The molecule has 2 aromatic rings. The lowest BCUT2D eigenvalue weighted by atomic mass is 10.1. The number of benzene rings is 2. The summed E-state index contributed by atoms with van der Waals surface area (Å²) < 4.78 is 18.8. The molecule has 2 amide bonds. The normalized spacial score (nSPS) is 14.8. The summed E-state index contributed by atoms with van der Waals surface area (Å²) >= 11 is 0. The number of carbonyl (C=O) groups is 2. The molecule has 1 aliphatic rings. The molecule has 3 rings (SSSR count). The first-order valence-electron chi connectivity index (χ1n) is 10.7. The quantitative estimate of drug-likeness (QED) is 0.704. The van der Waals surface area contributed by atoms with Crippen LogP contribution >= 0.6 is 0 Å². The van der Waals surface area contributed by atoms with Crippen molar-refractivity contribution in [2.45, 2.75) is 26.5 Å². The van der Waals surface area contributed by atoms with Gasteiger partial charge >= 0.3 is 0 Å². The Morgan fingerprint density at radius 1 is 1.03 bits per heavy atom. The van der Waals surface area contributed by atoms with Crippen LogP contribution in [-0.2, 0) is 22.7 Å². The summed E-state index contributed by atoms with van der Waals surface area (Å²) in [6.45, 7) is 6.49. The van der Waals surface area contributed by atoms with Gasteiger partial charge in [0, 0.05) is 44.9 Å². The fourth-order valence-corrected chi connectivity index (χ4v) is 3.57. The first-order chi connectivity index (χ1) is 15.0. The van der Waals surface area contributed by atoms with Gasteiger partial charge in [0.05, 0.1) is 13.2 Å². The average Bonchev–Trinajstić information content (AvgIpc) is 3.02. The van der Waals surface area contributed by atoms with Crippen LogP contribution in [-0.4, -0.2) is 60.9 Å². The number of nitrogens with zero attached hydrogens (tertiary/aromatic N) is 2. The van der Waals surface area contributed by atoms with Gasteiger partial charge in [-0.1, -0.05) is 30.3 Å². The van der Waals surface area contributed by atoms with Crippen molar-refractivity contribution in [3.8, 4) is 0 Å². The van der Waals surface area contributed by atoms with E-state index >= 15 is 0 Å². The maximum absolute atomic E-state index is 13.4. The molecule has 0 saturated carbocycles. The van der Waals surface area contributed by atoms with Gasteiger partial charge in [0.25, 0.3) is 5.91 Å². The zero-order valence-electron chi connectivity index (χ0n) is 18.0. The van der Waals surface area contributed by atoms with Gasteiger partial charge in [-0.3, -0.25) is 14.5 Å². The lowest BCUT2D eigenvalue weighted by Crippen LogP contribution is -2.39. The second-order valence-electron chi connectivity index (χ2n) is 7.66. The van der Waals surface area contributed by atoms with Gasteiger partial charge < -0.3 is 15.0 Å². The summed E-state index contributed by atoms with van der Waals surface area (Å²) in [5.41, 5.74) is 2.51. The molecule has 0 aromatic heterocycles. The SMILES string of the molecule is CCOCc1ccc(CNC(=O)CN2CCCN(C(=O)c3cccc(F)c3)CC2)cc1. The van der Waals surface area contributed by atoms with Crippen molar-refractivity contribution in [1.82, 2.24) is 15.1 Å². The highest BCUT2D eigenvalue weighted by Gasteiger charge is 2.21. The number of carbonyl (C=O) groups excluding carboxylic acids is 2. The van der Waals surface area contributed by atoms with E-state index in [4.69, 9.17) is 4.74 Å². The van der Waals surface area contributed by atoms with Crippen molar-refractivity contribution >= 4 is 11.8 Å². The highest BCUT2D eigenvalue weighted by molar-refractivity contribution is 5.94. The third-order valence-corrected chi connectivity index (χ3v) is 5.30. The van der Waals surface area contributed by atoms with Crippen LogP contribution < -0.4 is 5.32 Å². The van der Waals surface area contributed by atoms with E-state index in [1.807, 2.05) is 31.2 Å². The van der Waals surface area contributed by atoms with E-state index in [-0.39, 0.29) is 11.8 Å². The van der Waals surface area contributed by atoms with E-state index in [2.05, 4.69) is 10.2 Å². The molecule has 1 fully saturated rings. The molecule has 0 unspecified atom stereocenters. The zero-order chi connectivity index (χ0) is 22.1. The van der Waals surface area contributed by atoms with E-state index in [1.54, 1.807) is 17.0 Å². The predicted molar refractivity (Wildman–Crippen MR) is 117 cm³/mol. The number of amides is 2. The van der Waals surface area contributed by atoms with E-state index in [9.17, 15) is 14.0 Å². The van der Waals surface area contributed by atoms with E-state index in [1.165, 1.54) is 12.1 Å². The molecular formula is C24H30FN3O3. The number of nitrogens with one attached hydrogen (secondary N) is 1. The topological polar surface area (TPSA) is 61.9 Å². The molecule has 2 aromatic carbocycles. The number of hydrogen-bond donors (Lipinski definition) is 1. The fourth-order valence-electron chi connectivity index (χ4n) is 3.57. The zero-order valence-corrected chi connectivity index (χ0v) is 18.0. The van der Waals surface area contributed by atoms with Crippen molar-refractivity contribution in [2.24, 2.45) is 0 Å². The van der Waals surface area contributed by atoms with Crippen LogP contribution in [0.1, 0.15) is 34.8 Å². The Balaban J connectivity index is 1.43. The molecule has 0 spiro atoms. The van der Waals surface area contributed by atoms with Crippen LogP contribution in [0.5, 0.6) is 0 Å². The van der Waals surface area contributed by atoms with Crippen LogP contribution in [0, 0.1) is 5.82 Å². The summed E-state index contributed by atoms with van der Waals surface area (Å²) in [6, 6.07) is 13.8. The van der Waals surface area contributed by atoms with E-state index in [0.717, 1.165) is 24.1 Å². The Labute approximate surface area is 183 Å². The standard InChI is InChI=1S/C24H30FN3O3/c1-2-31-18-20-9-7-19(8-10-20)16-26-23(29)17-27-11-4-12-28(14-13-27)24(30)21-5-3-6-22(25)15-21/h3,5-10,15H,2,4,11-14,16-18H2,1H3,(H,26,29). The largest absolute Gasteiger partial charge is 0.377 e. The average molecular weight is 428 g/mol. The van der Waals surface area contributed by atoms with Crippen LogP contribution in [0.3, 0.4) is 0 Å². The minimum absolute atomic E-state index is 0.0386. The van der Waals surface area contributed by atoms with Crippen LogP contribution in [0.2, 0.25) is 0 Å². The van der Waals surface area contributed by atoms with Gasteiger partial charge in [-0.2, -0.15) is 0 Å². The molecule has 0 bridgehead atoms. The van der Waals surface area contributed by atoms with Crippen molar-refractivity contribution < 1.29 is 18.7 Å². The summed E-state index contributed by atoms with van der Waals surface area (Å²) in [5.74, 6) is -0.621. The Morgan fingerprint density at radius 2 is 1.81 bits per heavy atom. The van der Waals surface area contributed by atoms with Gasteiger partial charge in [-0.25, -0.2) is 4.39 Å². The number of halogens is 1. The Morgan fingerprint density at radius 3 is 2.55 bits per heavy atom. The van der Waals surface area contributed by atoms with Crippen LogP contribution in [0.25, 0.3) is 0 Å². The Kier molecular flexibility index (Phi) is 8.55. The molecule has 166 valence electrons. The van der Waals surface area contributed by atoms with Crippen molar-refractivity contribution in [3.05, 3.63) is 71.0 Å². The molecule has 1 aliphatic heterocycles. The second-order valence-corrected chi connectivity index (χ2v) is 7.66. The summed E-state index contributed by atoms with van der Waals surface area (Å²) in [7, 11) is 0. The van der Waals surface area contributed by atoms with Gasteiger partial charge in [0.2, 0.25) is 5.91 Å². The number of ether oxygens (including phenoxy) is 1. The van der Waals surface area contributed by atoms with Crippen molar-refractivity contribution in [2.75, 3.05) is 39.3 Å². The fraction of sp³-hybridized carbons (Fsp3) is 0.417. The number of hydrogen-bond acceptors (Lipinski definition) is 4. The monoisotopic (exact) mass is 427 g/mol. The molecule has 0 aliphatic carbocycles. The van der Waals surface area contributed by atoms with Crippen LogP contribution in [0.4, 0.5) is 4.39 Å². The van der Waals surface area contributed by atoms with Crippen LogP contribution in [0.15, 0.2) is 48.5 Å². The maximum atomic E-state index is 13.4. The van der Waals surface area contributed by atoms with Gasteiger partial charge in [0.1, 0.15) is 5.82 Å². The van der Waals surface area contributed by atoms with E-state index in [0.29, 0.717) is 51.5 Å². The predicted octanol–water partition coefficient (Wildman–Crippen LogP) is 2.83. The van der Waals surface area contributed by atoms with Crippen molar-refractivity contribution in [3.63, 3.8) is 0 Å². The first kappa shape index (κ1) is 22.9. The third-order valence-electron chi connectivity index (χ3n) is 5.30. The molecule has 7 heteroatoms. The van der Waals surface area contributed by atoms with E-state index < -0.39 is 5.82 Å². The Bertz CT molecular complexity index is 873. The second kappa shape index (κ2) is 11.6. The number of rotatable bonds is 8. The lowest BCUT2D eigenvalue weighted by Gasteiger charge is -2.22.